The Morgan fingerprint density at radius 1 is 1.00 bits per heavy atom. The molecule has 41 heavy (non-hydrogen) atoms. The standard InChI is InChI=1S/C33H46N4O4/c1-4-5-6-7-18-35-33(38)24-36-22-27-14-15-28(23-36)37(27)19-8-9-30(26-12-10-25(21-34)11-13-26)41-29-16-17-31(39-2)32(20-29)40-3/h10-13,16-17,20,27-28,30H,4-9,14-15,18-19,22-24H2,1-3H3,(H,35,38). The summed E-state index contributed by atoms with van der Waals surface area (Å²) >= 11 is 0. The van der Waals surface area contributed by atoms with Crippen LogP contribution in [0.4, 0.5) is 0 Å². The predicted molar refractivity (Wildman–Crippen MR) is 160 cm³/mol. The molecule has 2 aromatic rings. The van der Waals surface area contributed by atoms with Crippen molar-refractivity contribution in [2.45, 2.75) is 76.5 Å². The van der Waals surface area contributed by atoms with E-state index in [4.69, 9.17) is 14.2 Å². The van der Waals surface area contributed by atoms with Gasteiger partial charge in [-0.15, -0.1) is 0 Å². The van der Waals surface area contributed by atoms with E-state index >= 15 is 0 Å². The van der Waals surface area contributed by atoms with Crippen molar-refractivity contribution in [1.82, 2.24) is 15.1 Å². The van der Waals surface area contributed by atoms with Gasteiger partial charge in [-0.05, 0) is 68.5 Å². The van der Waals surface area contributed by atoms with Gasteiger partial charge in [0, 0.05) is 37.8 Å². The molecule has 3 atom stereocenters. The lowest BCUT2D eigenvalue weighted by Crippen LogP contribution is -2.55. The van der Waals surface area contributed by atoms with E-state index in [0.717, 1.165) is 51.0 Å². The number of hydrogen-bond donors (Lipinski definition) is 1. The van der Waals surface area contributed by atoms with E-state index in [-0.39, 0.29) is 12.0 Å². The average molecular weight is 563 g/mol. The van der Waals surface area contributed by atoms with Gasteiger partial charge >= 0.3 is 0 Å². The van der Waals surface area contributed by atoms with Crippen molar-refractivity contribution in [1.29, 1.82) is 5.26 Å². The number of nitrogens with one attached hydrogen (secondary N) is 1. The molecule has 2 aliphatic heterocycles. The third-order valence-electron chi connectivity index (χ3n) is 8.36. The summed E-state index contributed by atoms with van der Waals surface area (Å²) in [7, 11) is 3.24. The van der Waals surface area contributed by atoms with E-state index in [1.165, 1.54) is 32.1 Å². The minimum Gasteiger partial charge on any atom is -0.493 e. The summed E-state index contributed by atoms with van der Waals surface area (Å²) in [6.07, 6.45) is 8.77. The minimum absolute atomic E-state index is 0.152. The SMILES string of the molecule is CCCCCCNC(=O)CN1CC2CCC(C1)N2CCCC(Oc1ccc(OC)c(OC)c1)c1ccc(C#N)cc1. The minimum atomic E-state index is -0.152. The first-order valence-corrected chi connectivity index (χ1v) is 15.2. The fraction of sp³-hybridized carbons (Fsp3) is 0.576. The van der Waals surface area contributed by atoms with Crippen molar-refractivity contribution >= 4 is 5.91 Å². The van der Waals surface area contributed by atoms with Crippen LogP contribution in [0.15, 0.2) is 42.5 Å². The smallest absolute Gasteiger partial charge is 0.234 e. The summed E-state index contributed by atoms with van der Waals surface area (Å²) in [5.41, 5.74) is 1.69. The Labute approximate surface area is 245 Å². The Balaban J connectivity index is 1.31. The molecule has 2 bridgehead atoms. The molecule has 3 unspecified atom stereocenters. The van der Waals surface area contributed by atoms with Gasteiger partial charge in [-0.2, -0.15) is 5.26 Å². The van der Waals surface area contributed by atoms with Gasteiger partial charge in [0.25, 0.3) is 0 Å². The predicted octanol–water partition coefficient (Wildman–Crippen LogP) is 5.32. The number of methoxy groups -OCH3 is 2. The van der Waals surface area contributed by atoms with Gasteiger partial charge < -0.3 is 19.5 Å². The highest BCUT2D eigenvalue weighted by molar-refractivity contribution is 5.78. The van der Waals surface area contributed by atoms with Gasteiger partial charge in [-0.1, -0.05) is 38.3 Å². The zero-order valence-electron chi connectivity index (χ0n) is 24.9. The van der Waals surface area contributed by atoms with E-state index in [1.807, 2.05) is 42.5 Å². The molecule has 2 saturated heterocycles. The number of hydrogen-bond acceptors (Lipinski definition) is 7. The van der Waals surface area contributed by atoms with Crippen molar-refractivity contribution in [3.8, 4) is 23.3 Å². The number of unbranched alkanes of at least 4 members (excludes halogenated alkanes) is 3. The number of piperazine rings is 1. The maximum absolute atomic E-state index is 12.5. The second-order valence-electron chi connectivity index (χ2n) is 11.2. The second-order valence-corrected chi connectivity index (χ2v) is 11.2. The Hall–Kier alpha value is -3.28. The molecule has 2 fully saturated rings. The Bertz CT molecular complexity index is 1130. The van der Waals surface area contributed by atoms with Crippen LogP contribution in [0.2, 0.25) is 0 Å². The molecule has 1 amide bonds. The first-order chi connectivity index (χ1) is 20.0. The topological polar surface area (TPSA) is 87.1 Å². The number of nitrogens with zero attached hydrogens (tertiary/aromatic N) is 3. The number of benzene rings is 2. The van der Waals surface area contributed by atoms with Crippen LogP contribution in [0.25, 0.3) is 0 Å². The fourth-order valence-corrected chi connectivity index (χ4v) is 6.19. The van der Waals surface area contributed by atoms with Gasteiger partial charge in [0.15, 0.2) is 11.5 Å². The molecular formula is C33H46N4O4. The monoisotopic (exact) mass is 562 g/mol. The number of carbonyl (C=O) groups is 1. The average Bonchev–Trinajstić information content (AvgIpc) is 3.23. The van der Waals surface area contributed by atoms with Crippen LogP contribution in [-0.2, 0) is 4.79 Å². The van der Waals surface area contributed by atoms with Crippen molar-refractivity contribution in [2.24, 2.45) is 0 Å². The van der Waals surface area contributed by atoms with Crippen molar-refractivity contribution in [3.63, 3.8) is 0 Å². The molecule has 4 rings (SSSR count). The van der Waals surface area contributed by atoms with Crippen molar-refractivity contribution in [2.75, 3.05) is 46.9 Å². The number of amides is 1. The van der Waals surface area contributed by atoms with E-state index in [9.17, 15) is 10.1 Å². The van der Waals surface area contributed by atoms with Crippen LogP contribution in [0.1, 0.15) is 75.5 Å². The molecule has 0 aromatic heterocycles. The molecular weight excluding hydrogens is 516 g/mol. The molecule has 222 valence electrons. The molecule has 8 heteroatoms. The van der Waals surface area contributed by atoms with Crippen LogP contribution in [0.5, 0.6) is 17.2 Å². The Kier molecular flexibility index (Phi) is 11.7. The van der Waals surface area contributed by atoms with Crippen molar-refractivity contribution < 1.29 is 19.0 Å². The Morgan fingerprint density at radius 2 is 1.73 bits per heavy atom. The lowest BCUT2D eigenvalue weighted by Gasteiger charge is -2.41. The van der Waals surface area contributed by atoms with Crippen molar-refractivity contribution in [3.05, 3.63) is 53.6 Å². The van der Waals surface area contributed by atoms with Crippen LogP contribution in [-0.4, -0.2) is 74.7 Å². The first kappa shape index (κ1) is 30.7. The van der Waals surface area contributed by atoms with Gasteiger partial charge in [0.05, 0.1) is 32.4 Å². The number of rotatable bonds is 16. The molecule has 0 spiro atoms. The molecule has 0 radical (unpaired) electrons. The lowest BCUT2D eigenvalue weighted by atomic mass is 10.0. The summed E-state index contributed by atoms with van der Waals surface area (Å²) < 4.78 is 17.4. The third-order valence-corrected chi connectivity index (χ3v) is 8.36. The van der Waals surface area contributed by atoms with Gasteiger partial charge in [0.2, 0.25) is 5.91 Å². The molecule has 0 aliphatic carbocycles. The number of carbonyl (C=O) groups excluding carboxylic acids is 1. The van der Waals surface area contributed by atoms with E-state index in [0.29, 0.717) is 41.4 Å². The molecule has 0 saturated carbocycles. The number of nitriles is 1. The fourth-order valence-electron chi connectivity index (χ4n) is 6.19. The summed E-state index contributed by atoms with van der Waals surface area (Å²) in [4.78, 5) is 17.5. The number of fused-ring (bicyclic) bond motifs is 2. The second kappa shape index (κ2) is 15.6. The first-order valence-electron chi connectivity index (χ1n) is 15.2. The lowest BCUT2D eigenvalue weighted by molar-refractivity contribution is -0.123. The molecule has 2 aliphatic rings. The highest BCUT2D eigenvalue weighted by atomic mass is 16.5. The normalized spacial score (nSPS) is 19.4. The quantitative estimate of drug-likeness (QED) is 0.277. The zero-order valence-corrected chi connectivity index (χ0v) is 24.9. The summed E-state index contributed by atoms with van der Waals surface area (Å²) in [6, 6.07) is 16.5. The largest absolute Gasteiger partial charge is 0.493 e. The van der Waals surface area contributed by atoms with Gasteiger partial charge in [-0.3, -0.25) is 14.6 Å². The number of ether oxygens (including phenoxy) is 3. The van der Waals surface area contributed by atoms with Crippen LogP contribution >= 0.6 is 0 Å². The van der Waals surface area contributed by atoms with Crippen LogP contribution in [0.3, 0.4) is 0 Å². The highest BCUT2D eigenvalue weighted by Crippen LogP contribution is 2.35. The zero-order chi connectivity index (χ0) is 29.0. The van der Waals surface area contributed by atoms with E-state index in [1.54, 1.807) is 14.2 Å². The van der Waals surface area contributed by atoms with E-state index in [2.05, 4.69) is 28.1 Å². The molecule has 2 heterocycles. The molecule has 2 aromatic carbocycles. The third kappa shape index (κ3) is 8.61. The summed E-state index contributed by atoms with van der Waals surface area (Å²) in [5, 5.41) is 12.4. The Morgan fingerprint density at radius 3 is 2.39 bits per heavy atom. The highest BCUT2D eigenvalue weighted by Gasteiger charge is 2.39. The van der Waals surface area contributed by atoms with Crippen LogP contribution < -0.4 is 19.5 Å². The maximum atomic E-state index is 12.5. The van der Waals surface area contributed by atoms with Crippen LogP contribution in [0, 0.1) is 11.3 Å². The molecule has 1 N–H and O–H groups in total. The van der Waals surface area contributed by atoms with Gasteiger partial charge in [0.1, 0.15) is 11.9 Å². The summed E-state index contributed by atoms with van der Waals surface area (Å²) in [5.74, 6) is 2.17. The summed E-state index contributed by atoms with van der Waals surface area (Å²) in [6.45, 7) is 6.43. The van der Waals surface area contributed by atoms with Gasteiger partial charge in [-0.25, -0.2) is 0 Å². The number of likely N-dealkylation sites (tertiary alicyclic amines) is 1. The molecule has 8 nitrogen and oxygen atoms in total. The van der Waals surface area contributed by atoms with E-state index < -0.39 is 0 Å². The maximum Gasteiger partial charge on any atom is 0.234 e.